The van der Waals surface area contributed by atoms with Crippen LogP contribution in [0.4, 0.5) is 0 Å². The first kappa shape index (κ1) is 10.5. The lowest BCUT2D eigenvalue weighted by Crippen LogP contribution is -2.36. The molecule has 2 unspecified atom stereocenters. The van der Waals surface area contributed by atoms with Gasteiger partial charge >= 0.3 is 0 Å². The number of rotatable bonds is 5. The van der Waals surface area contributed by atoms with Gasteiger partial charge < -0.3 is 3.07 Å². The van der Waals surface area contributed by atoms with E-state index in [1.165, 1.54) is 0 Å². The number of nitrogens with two attached hydrogens (primary N) is 2. The van der Waals surface area contributed by atoms with E-state index in [1.54, 1.807) is 29.9 Å². The maximum absolute atomic E-state index is 4.92. The lowest BCUT2D eigenvalue weighted by atomic mass is 10.2. The summed E-state index contributed by atoms with van der Waals surface area (Å²) in [6.07, 6.45) is -0.582. The van der Waals surface area contributed by atoms with Crippen molar-refractivity contribution in [1.29, 1.82) is 0 Å². The maximum atomic E-state index is 4.92. The highest BCUT2D eigenvalue weighted by molar-refractivity contribution is 14.1. The van der Waals surface area contributed by atoms with Gasteiger partial charge in [0.2, 0.25) is 0 Å². The third-order valence-electron chi connectivity index (χ3n) is 1.14. The van der Waals surface area contributed by atoms with Crippen LogP contribution >= 0.6 is 23.0 Å². The molecule has 0 bridgehead atoms. The molecule has 0 fully saturated rings. The second kappa shape index (κ2) is 6.25. The van der Waals surface area contributed by atoms with E-state index in [0.717, 1.165) is 0 Å². The molecule has 5 nitrogen and oxygen atoms in total. The lowest BCUT2D eigenvalue weighted by Gasteiger charge is -2.17. The molecule has 10 heavy (non-hydrogen) atoms. The largest absolute Gasteiger partial charge is 0.313 e. The molecule has 0 rings (SSSR count). The van der Waals surface area contributed by atoms with E-state index in [4.69, 9.17) is 14.9 Å². The number of hydrogen-bond donors (Lipinski definition) is 2. The van der Waals surface area contributed by atoms with Crippen molar-refractivity contribution in [3.63, 3.8) is 0 Å². The monoisotopic (exact) mass is 262 g/mol. The predicted molar refractivity (Wildman–Crippen MR) is 43.8 cm³/mol. The highest BCUT2D eigenvalue weighted by Gasteiger charge is 2.17. The van der Waals surface area contributed by atoms with Crippen LogP contribution in [-0.4, -0.2) is 18.8 Å². The van der Waals surface area contributed by atoms with E-state index in [9.17, 15) is 0 Å². The molecule has 0 amide bonds. The van der Waals surface area contributed by atoms with Crippen LogP contribution in [0.3, 0.4) is 0 Å². The molecular weight excluding hydrogens is 251 g/mol. The molecule has 0 saturated heterocycles. The van der Waals surface area contributed by atoms with Gasteiger partial charge in [-0.1, -0.05) is 0 Å². The fraction of sp³-hybridized carbons (Fsp3) is 1.00. The van der Waals surface area contributed by atoms with E-state index >= 15 is 0 Å². The summed E-state index contributed by atoms with van der Waals surface area (Å²) >= 11 is 1.74. The van der Waals surface area contributed by atoms with Crippen LogP contribution in [0.1, 0.15) is 6.92 Å². The Morgan fingerprint density at radius 3 is 2.30 bits per heavy atom. The third kappa shape index (κ3) is 3.64. The van der Waals surface area contributed by atoms with Gasteiger partial charge in [0.25, 0.3) is 0 Å². The molecule has 0 aromatic carbocycles. The normalized spacial score (nSPS) is 16.8. The quantitative estimate of drug-likeness (QED) is 0.534. The molecular formula is C4H11IN2O3. The molecule has 0 aromatic rings. The smallest absolute Gasteiger partial charge is 0.131 e. The molecule has 0 spiro atoms. The molecule has 62 valence electrons. The molecule has 0 saturated carbocycles. The molecule has 4 N–H and O–H groups in total. The standard InChI is InChI=1S/C4H11IN2O3/c1-3(9-6)4(10-7)2-8-5/h3-4H,2,6-7H2,1H3. The molecule has 0 heterocycles. The van der Waals surface area contributed by atoms with E-state index in [2.05, 4.69) is 9.68 Å². The Morgan fingerprint density at radius 2 is 2.00 bits per heavy atom. The van der Waals surface area contributed by atoms with Crippen molar-refractivity contribution in [2.75, 3.05) is 6.61 Å². The van der Waals surface area contributed by atoms with E-state index in [1.807, 2.05) is 0 Å². The molecule has 6 heteroatoms. The first-order valence-electron chi connectivity index (χ1n) is 2.70. The summed E-state index contributed by atoms with van der Waals surface area (Å²) < 4.78 is 4.75. The van der Waals surface area contributed by atoms with Gasteiger partial charge in [0.1, 0.15) is 35.2 Å². The van der Waals surface area contributed by atoms with Crippen molar-refractivity contribution in [3.8, 4) is 0 Å². The van der Waals surface area contributed by atoms with Crippen LogP contribution in [-0.2, 0) is 12.7 Å². The summed E-state index contributed by atoms with van der Waals surface area (Å²) in [5.41, 5.74) is 0. The van der Waals surface area contributed by atoms with Gasteiger partial charge in [-0.05, 0) is 6.92 Å². The first-order chi connectivity index (χ1) is 4.76. The molecule has 0 aliphatic heterocycles. The SMILES string of the molecule is CC(ON)C(COI)ON. The first-order valence-corrected chi connectivity index (χ1v) is 3.59. The predicted octanol–water partition coefficient (Wildman–Crippen LogP) is -0.109. The molecule has 2 atom stereocenters. The highest BCUT2D eigenvalue weighted by Crippen LogP contribution is 2.01. The highest BCUT2D eigenvalue weighted by atomic mass is 127. The Bertz CT molecular complexity index is 84.9. The van der Waals surface area contributed by atoms with Gasteiger partial charge in [0, 0.05) is 0 Å². The summed E-state index contributed by atoms with van der Waals surface area (Å²) in [5.74, 6) is 9.80. The Kier molecular flexibility index (Phi) is 6.59. The van der Waals surface area contributed by atoms with Crippen LogP contribution in [0.25, 0.3) is 0 Å². The van der Waals surface area contributed by atoms with Crippen molar-refractivity contribution in [2.45, 2.75) is 19.1 Å². The lowest BCUT2D eigenvalue weighted by molar-refractivity contribution is -0.0792. The van der Waals surface area contributed by atoms with Crippen molar-refractivity contribution >= 4 is 23.0 Å². The van der Waals surface area contributed by atoms with Crippen molar-refractivity contribution < 1.29 is 12.7 Å². The van der Waals surface area contributed by atoms with Gasteiger partial charge in [-0.2, -0.15) is 0 Å². The van der Waals surface area contributed by atoms with Crippen molar-refractivity contribution in [2.24, 2.45) is 11.8 Å². The zero-order valence-electron chi connectivity index (χ0n) is 5.62. The van der Waals surface area contributed by atoms with Crippen LogP contribution in [0.5, 0.6) is 0 Å². The third-order valence-corrected chi connectivity index (χ3v) is 1.50. The van der Waals surface area contributed by atoms with Crippen LogP contribution < -0.4 is 11.8 Å². The minimum Gasteiger partial charge on any atom is -0.313 e. The van der Waals surface area contributed by atoms with E-state index < -0.39 is 0 Å². The average molecular weight is 262 g/mol. The van der Waals surface area contributed by atoms with Gasteiger partial charge in [-0.3, -0.25) is 9.68 Å². The van der Waals surface area contributed by atoms with E-state index in [-0.39, 0.29) is 12.2 Å². The minimum atomic E-state index is -0.318. The van der Waals surface area contributed by atoms with Crippen LogP contribution in [0, 0.1) is 0 Å². The average Bonchev–Trinajstić information content (AvgIpc) is 1.99. The van der Waals surface area contributed by atoms with Gasteiger partial charge in [-0.25, -0.2) is 11.8 Å². The number of halogens is 1. The minimum absolute atomic E-state index is 0.264. The van der Waals surface area contributed by atoms with Gasteiger partial charge in [-0.15, -0.1) is 0 Å². The molecule has 0 aromatic heterocycles. The Hall–Kier alpha value is 0.530. The zero-order valence-corrected chi connectivity index (χ0v) is 7.78. The Morgan fingerprint density at radius 1 is 1.40 bits per heavy atom. The van der Waals surface area contributed by atoms with E-state index in [0.29, 0.717) is 6.61 Å². The van der Waals surface area contributed by atoms with Crippen molar-refractivity contribution in [1.82, 2.24) is 0 Å². The molecule has 0 aliphatic rings. The summed E-state index contributed by atoms with van der Waals surface area (Å²) in [4.78, 5) is 8.98. The van der Waals surface area contributed by atoms with Crippen molar-refractivity contribution in [3.05, 3.63) is 0 Å². The topological polar surface area (TPSA) is 79.7 Å². The second-order valence-corrected chi connectivity index (χ2v) is 2.41. The summed E-state index contributed by atoms with van der Waals surface area (Å²) in [6, 6.07) is 0. The zero-order chi connectivity index (χ0) is 7.98. The second-order valence-electron chi connectivity index (χ2n) is 1.79. The Labute approximate surface area is 73.6 Å². The maximum Gasteiger partial charge on any atom is 0.131 e. The van der Waals surface area contributed by atoms with Gasteiger partial charge in [0.05, 0.1) is 6.61 Å². The fourth-order valence-corrected chi connectivity index (χ4v) is 0.790. The van der Waals surface area contributed by atoms with Crippen LogP contribution in [0.2, 0.25) is 0 Å². The van der Waals surface area contributed by atoms with Gasteiger partial charge in [0.15, 0.2) is 0 Å². The van der Waals surface area contributed by atoms with Crippen LogP contribution in [0.15, 0.2) is 0 Å². The summed E-state index contributed by atoms with van der Waals surface area (Å²) in [7, 11) is 0. The molecule has 0 radical (unpaired) electrons. The molecule has 0 aliphatic carbocycles. The summed E-state index contributed by atoms with van der Waals surface area (Å²) in [5, 5.41) is 0. The Balaban J connectivity index is 3.56. The fourth-order valence-electron chi connectivity index (χ4n) is 0.435. The summed E-state index contributed by atoms with van der Waals surface area (Å²) in [6.45, 7) is 2.10. The number of hydrogen-bond acceptors (Lipinski definition) is 5.